The van der Waals surface area contributed by atoms with Gasteiger partial charge in [-0.25, -0.2) is 0 Å². The molecule has 0 bridgehead atoms. The third-order valence-electron chi connectivity index (χ3n) is 3.06. The number of benzene rings is 1. The average Bonchev–Trinajstić information content (AvgIpc) is 2.30. The molecule has 94 valence electrons. The molecule has 0 saturated heterocycles. The van der Waals surface area contributed by atoms with Gasteiger partial charge in [-0.2, -0.15) is 0 Å². The fourth-order valence-corrected chi connectivity index (χ4v) is 2.02. The van der Waals surface area contributed by atoms with Gasteiger partial charge in [0.2, 0.25) is 0 Å². The molecule has 1 unspecified atom stereocenters. The number of rotatable bonds is 6. The molecule has 0 aliphatic rings. The van der Waals surface area contributed by atoms with Crippen LogP contribution in [-0.2, 0) is 4.79 Å². The van der Waals surface area contributed by atoms with Crippen molar-refractivity contribution in [3.63, 3.8) is 0 Å². The Balaban J connectivity index is 2.69. The smallest absolute Gasteiger partial charge is 0.304 e. The molecule has 0 heterocycles. The summed E-state index contributed by atoms with van der Waals surface area (Å²) in [6.07, 6.45) is 1.18. The van der Waals surface area contributed by atoms with Gasteiger partial charge in [-0.15, -0.1) is 0 Å². The largest absolute Gasteiger partial charge is 0.481 e. The first kappa shape index (κ1) is 13.7. The standard InChI is InChI=1S/C14H21NO2/c1-4-13(15(3)10-9-14(16)17)12-7-5-11(2)6-8-12/h5-8,13H,4,9-10H2,1-3H3,(H,16,17). The van der Waals surface area contributed by atoms with E-state index in [0.717, 1.165) is 6.42 Å². The maximum Gasteiger partial charge on any atom is 0.304 e. The molecule has 1 atom stereocenters. The molecule has 1 aromatic rings. The molecule has 0 aliphatic heterocycles. The third-order valence-corrected chi connectivity index (χ3v) is 3.06. The van der Waals surface area contributed by atoms with Crippen LogP contribution < -0.4 is 0 Å². The Kier molecular flexibility index (Phi) is 5.16. The summed E-state index contributed by atoms with van der Waals surface area (Å²) in [6, 6.07) is 8.75. The maximum absolute atomic E-state index is 10.6. The van der Waals surface area contributed by atoms with Crippen LogP contribution >= 0.6 is 0 Å². The Bertz CT molecular complexity index is 359. The molecule has 1 rings (SSSR count). The van der Waals surface area contributed by atoms with Crippen molar-refractivity contribution in [1.82, 2.24) is 4.90 Å². The van der Waals surface area contributed by atoms with Crippen LogP contribution in [0.4, 0.5) is 0 Å². The van der Waals surface area contributed by atoms with Crippen LogP contribution in [0.5, 0.6) is 0 Å². The number of aryl methyl sites for hydroxylation is 1. The van der Waals surface area contributed by atoms with E-state index in [4.69, 9.17) is 5.11 Å². The van der Waals surface area contributed by atoms with E-state index in [1.54, 1.807) is 0 Å². The van der Waals surface area contributed by atoms with E-state index in [2.05, 4.69) is 43.0 Å². The van der Waals surface area contributed by atoms with Gasteiger partial charge in [0, 0.05) is 12.6 Å². The van der Waals surface area contributed by atoms with E-state index in [0.29, 0.717) is 12.6 Å². The van der Waals surface area contributed by atoms with E-state index in [9.17, 15) is 4.79 Å². The monoisotopic (exact) mass is 235 g/mol. The molecular weight excluding hydrogens is 214 g/mol. The highest BCUT2D eigenvalue weighted by atomic mass is 16.4. The van der Waals surface area contributed by atoms with Crippen LogP contribution in [0.1, 0.15) is 36.9 Å². The fraction of sp³-hybridized carbons (Fsp3) is 0.500. The SMILES string of the molecule is CCC(c1ccc(C)cc1)N(C)CCC(=O)O. The highest BCUT2D eigenvalue weighted by Gasteiger charge is 2.15. The molecular formula is C14H21NO2. The molecule has 3 nitrogen and oxygen atoms in total. The summed E-state index contributed by atoms with van der Waals surface area (Å²) in [5, 5.41) is 8.70. The predicted octanol–water partition coefficient (Wildman–Crippen LogP) is 2.85. The minimum atomic E-state index is -0.740. The number of carboxylic acid groups (broad SMARTS) is 1. The molecule has 1 aromatic carbocycles. The first-order valence-electron chi connectivity index (χ1n) is 6.03. The van der Waals surface area contributed by atoms with Gasteiger partial charge in [0.1, 0.15) is 0 Å². The summed E-state index contributed by atoms with van der Waals surface area (Å²) in [6.45, 7) is 4.78. The second-order valence-electron chi connectivity index (χ2n) is 4.46. The molecule has 0 aromatic heterocycles. The Morgan fingerprint density at radius 1 is 1.35 bits per heavy atom. The Morgan fingerprint density at radius 2 is 1.94 bits per heavy atom. The Hall–Kier alpha value is -1.35. The van der Waals surface area contributed by atoms with Crippen molar-refractivity contribution in [3.05, 3.63) is 35.4 Å². The number of carbonyl (C=O) groups is 1. The zero-order valence-corrected chi connectivity index (χ0v) is 10.8. The average molecular weight is 235 g/mol. The van der Waals surface area contributed by atoms with E-state index in [1.807, 2.05) is 7.05 Å². The van der Waals surface area contributed by atoms with Gasteiger partial charge in [0.25, 0.3) is 0 Å². The first-order chi connectivity index (χ1) is 8.04. The van der Waals surface area contributed by atoms with E-state index in [1.165, 1.54) is 11.1 Å². The molecule has 0 aliphatic carbocycles. The van der Waals surface area contributed by atoms with E-state index < -0.39 is 5.97 Å². The zero-order chi connectivity index (χ0) is 12.8. The number of carboxylic acids is 1. The normalized spacial score (nSPS) is 12.7. The summed E-state index contributed by atoms with van der Waals surface area (Å²) in [5.41, 5.74) is 2.50. The molecule has 0 amide bonds. The van der Waals surface area contributed by atoms with Crippen molar-refractivity contribution >= 4 is 5.97 Å². The van der Waals surface area contributed by atoms with Crippen LogP contribution in [0, 0.1) is 6.92 Å². The maximum atomic E-state index is 10.6. The van der Waals surface area contributed by atoms with Crippen molar-refractivity contribution in [3.8, 4) is 0 Å². The lowest BCUT2D eigenvalue weighted by Crippen LogP contribution is -2.26. The zero-order valence-electron chi connectivity index (χ0n) is 10.8. The highest BCUT2D eigenvalue weighted by Crippen LogP contribution is 2.23. The molecule has 3 heteroatoms. The van der Waals surface area contributed by atoms with Crippen molar-refractivity contribution < 1.29 is 9.90 Å². The fourth-order valence-electron chi connectivity index (χ4n) is 2.02. The molecule has 0 saturated carbocycles. The minimum absolute atomic E-state index is 0.193. The van der Waals surface area contributed by atoms with E-state index >= 15 is 0 Å². The molecule has 0 radical (unpaired) electrons. The number of aliphatic carboxylic acids is 1. The van der Waals surface area contributed by atoms with Crippen LogP contribution in [0.3, 0.4) is 0 Å². The van der Waals surface area contributed by atoms with Crippen LogP contribution in [0.25, 0.3) is 0 Å². The van der Waals surface area contributed by atoms with Gasteiger partial charge in [0.15, 0.2) is 0 Å². The molecule has 0 fully saturated rings. The quantitative estimate of drug-likeness (QED) is 0.824. The lowest BCUT2D eigenvalue weighted by Gasteiger charge is -2.27. The van der Waals surface area contributed by atoms with Gasteiger partial charge in [-0.3, -0.25) is 9.69 Å². The lowest BCUT2D eigenvalue weighted by molar-refractivity contribution is -0.137. The second-order valence-corrected chi connectivity index (χ2v) is 4.46. The predicted molar refractivity (Wildman–Crippen MR) is 69.1 cm³/mol. The summed E-state index contributed by atoms with van der Waals surface area (Å²) in [4.78, 5) is 12.7. The summed E-state index contributed by atoms with van der Waals surface area (Å²) >= 11 is 0. The van der Waals surface area contributed by atoms with Crippen LogP contribution in [0.2, 0.25) is 0 Å². The van der Waals surface area contributed by atoms with Gasteiger partial charge >= 0.3 is 5.97 Å². The topological polar surface area (TPSA) is 40.5 Å². The second kappa shape index (κ2) is 6.40. The minimum Gasteiger partial charge on any atom is -0.481 e. The van der Waals surface area contributed by atoms with Crippen molar-refractivity contribution in [1.29, 1.82) is 0 Å². The number of hydrogen-bond acceptors (Lipinski definition) is 2. The van der Waals surface area contributed by atoms with Gasteiger partial charge in [0.05, 0.1) is 6.42 Å². The Labute approximate surface area is 103 Å². The van der Waals surface area contributed by atoms with Crippen molar-refractivity contribution in [2.45, 2.75) is 32.7 Å². The summed E-state index contributed by atoms with van der Waals surface area (Å²) in [5.74, 6) is -0.740. The summed E-state index contributed by atoms with van der Waals surface area (Å²) < 4.78 is 0. The van der Waals surface area contributed by atoms with Gasteiger partial charge < -0.3 is 5.11 Å². The van der Waals surface area contributed by atoms with Crippen LogP contribution in [0.15, 0.2) is 24.3 Å². The highest BCUT2D eigenvalue weighted by molar-refractivity contribution is 5.66. The summed E-state index contributed by atoms with van der Waals surface area (Å²) in [7, 11) is 1.98. The molecule has 17 heavy (non-hydrogen) atoms. The van der Waals surface area contributed by atoms with Gasteiger partial charge in [-0.05, 0) is 26.0 Å². The Morgan fingerprint density at radius 3 is 2.41 bits per heavy atom. The number of nitrogens with zero attached hydrogens (tertiary/aromatic N) is 1. The van der Waals surface area contributed by atoms with Crippen molar-refractivity contribution in [2.24, 2.45) is 0 Å². The molecule has 1 N–H and O–H groups in total. The first-order valence-corrected chi connectivity index (χ1v) is 6.03. The van der Waals surface area contributed by atoms with Crippen molar-refractivity contribution in [2.75, 3.05) is 13.6 Å². The number of hydrogen-bond donors (Lipinski definition) is 1. The van der Waals surface area contributed by atoms with E-state index in [-0.39, 0.29) is 6.42 Å². The van der Waals surface area contributed by atoms with Gasteiger partial charge in [-0.1, -0.05) is 36.8 Å². The molecule has 0 spiro atoms. The lowest BCUT2D eigenvalue weighted by atomic mass is 10.0. The third kappa shape index (κ3) is 4.19. The van der Waals surface area contributed by atoms with Crippen LogP contribution in [-0.4, -0.2) is 29.6 Å².